The molecule has 0 spiro atoms. The molecule has 0 saturated carbocycles. The molecule has 0 fully saturated rings. The van der Waals surface area contributed by atoms with Crippen molar-refractivity contribution >= 4 is 40.0 Å². The highest BCUT2D eigenvalue weighted by Crippen LogP contribution is 2.25. The van der Waals surface area contributed by atoms with E-state index in [9.17, 15) is 14.9 Å². The number of rotatable bonds is 4. The Labute approximate surface area is 157 Å². The third-order valence-corrected chi connectivity index (χ3v) is 4.85. The molecule has 0 radical (unpaired) electrons. The van der Waals surface area contributed by atoms with E-state index >= 15 is 0 Å². The highest BCUT2D eigenvalue weighted by Gasteiger charge is 2.15. The van der Waals surface area contributed by atoms with Crippen LogP contribution in [0.2, 0.25) is 5.15 Å². The second-order valence-electron chi connectivity index (χ2n) is 5.41. The van der Waals surface area contributed by atoms with Crippen molar-refractivity contribution in [3.63, 3.8) is 0 Å². The van der Waals surface area contributed by atoms with Gasteiger partial charge < -0.3 is 4.57 Å². The van der Waals surface area contributed by atoms with Gasteiger partial charge in [-0.1, -0.05) is 17.7 Å². The zero-order valence-electron chi connectivity index (χ0n) is 13.5. The summed E-state index contributed by atoms with van der Waals surface area (Å²) in [6, 6.07) is 10.2. The first-order valence-electron chi connectivity index (χ1n) is 7.35. The maximum absolute atomic E-state index is 12.3. The number of halogens is 1. The number of aromatic nitrogens is 2. The minimum Gasteiger partial charge on any atom is -0.303 e. The van der Waals surface area contributed by atoms with Crippen LogP contribution in [0.25, 0.3) is 10.9 Å². The average molecular weight is 387 g/mol. The number of nitriles is 1. The van der Waals surface area contributed by atoms with E-state index in [1.807, 2.05) is 24.5 Å². The van der Waals surface area contributed by atoms with E-state index in [1.165, 1.54) is 0 Å². The number of hydrogen-bond acceptors (Lipinski definition) is 6. The number of nitro groups is 1. The van der Waals surface area contributed by atoms with Gasteiger partial charge in [0.1, 0.15) is 16.8 Å². The highest BCUT2D eigenvalue weighted by atomic mass is 35.5. The summed E-state index contributed by atoms with van der Waals surface area (Å²) in [5.41, 5.74) is -0.00595. The number of benzene rings is 1. The molecule has 0 aliphatic carbocycles. The minimum absolute atomic E-state index is 0.0265. The SMILES string of the molecule is CSc1ccc2cc(Cn3cc([N+](=O)[O-])cc(C#N)c3=O)c(Cl)nc2c1. The summed E-state index contributed by atoms with van der Waals surface area (Å²) < 4.78 is 1.10. The lowest BCUT2D eigenvalue weighted by atomic mass is 10.1. The van der Waals surface area contributed by atoms with Crippen LogP contribution >= 0.6 is 23.4 Å². The lowest BCUT2D eigenvalue weighted by molar-refractivity contribution is -0.385. The molecule has 2 aromatic heterocycles. The van der Waals surface area contributed by atoms with Crippen molar-refractivity contribution in [1.82, 2.24) is 9.55 Å². The van der Waals surface area contributed by atoms with Gasteiger partial charge in [-0.25, -0.2) is 4.98 Å². The normalized spacial score (nSPS) is 10.7. The summed E-state index contributed by atoms with van der Waals surface area (Å²) >= 11 is 7.83. The van der Waals surface area contributed by atoms with Gasteiger partial charge >= 0.3 is 0 Å². The first-order valence-corrected chi connectivity index (χ1v) is 8.95. The zero-order chi connectivity index (χ0) is 18.8. The Bertz CT molecular complexity index is 1140. The minimum atomic E-state index is -0.652. The van der Waals surface area contributed by atoms with E-state index in [0.29, 0.717) is 5.56 Å². The van der Waals surface area contributed by atoms with Crippen LogP contribution in [0.1, 0.15) is 11.1 Å². The summed E-state index contributed by atoms with van der Waals surface area (Å²) in [4.78, 5) is 28.1. The molecule has 130 valence electrons. The first kappa shape index (κ1) is 17.9. The molecule has 0 amide bonds. The third-order valence-electron chi connectivity index (χ3n) is 3.79. The monoisotopic (exact) mass is 386 g/mol. The molecule has 0 bridgehead atoms. The molecular weight excluding hydrogens is 376 g/mol. The lowest BCUT2D eigenvalue weighted by Gasteiger charge is -2.09. The van der Waals surface area contributed by atoms with Crippen molar-refractivity contribution in [2.45, 2.75) is 11.4 Å². The van der Waals surface area contributed by atoms with Crippen molar-refractivity contribution in [3.8, 4) is 6.07 Å². The van der Waals surface area contributed by atoms with E-state index in [0.717, 1.165) is 32.6 Å². The Kier molecular flexibility index (Phi) is 4.93. The predicted octanol–water partition coefficient (Wildman–Crippen LogP) is 3.60. The summed E-state index contributed by atoms with van der Waals surface area (Å²) in [7, 11) is 0. The topological polar surface area (TPSA) is 102 Å². The van der Waals surface area contributed by atoms with Crippen LogP contribution in [0.15, 0.2) is 46.2 Å². The maximum Gasteiger partial charge on any atom is 0.287 e. The highest BCUT2D eigenvalue weighted by molar-refractivity contribution is 7.98. The van der Waals surface area contributed by atoms with E-state index < -0.39 is 10.5 Å². The van der Waals surface area contributed by atoms with Crippen LogP contribution in [0, 0.1) is 21.4 Å². The smallest absolute Gasteiger partial charge is 0.287 e. The van der Waals surface area contributed by atoms with E-state index in [-0.39, 0.29) is 22.9 Å². The molecule has 0 aliphatic heterocycles. The summed E-state index contributed by atoms with van der Waals surface area (Å²) in [6.45, 7) is -0.0265. The molecule has 1 aromatic carbocycles. The van der Waals surface area contributed by atoms with Gasteiger partial charge in [0.15, 0.2) is 0 Å². The van der Waals surface area contributed by atoms with Gasteiger partial charge in [0.25, 0.3) is 11.2 Å². The Morgan fingerprint density at radius 3 is 2.81 bits per heavy atom. The summed E-state index contributed by atoms with van der Waals surface area (Å²) in [5.74, 6) is 0. The number of fused-ring (bicyclic) bond motifs is 1. The second-order valence-corrected chi connectivity index (χ2v) is 6.65. The molecular formula is C17H11ClN4O3S. The van der Waals surface area contributed by atoms with Crippen LogP contribution in [0.5, 0.6) is 0 Å². The van der Waals surface area contributed by atoms with Crippen molar-refractivity contribution < 1.29 is 4.92 Å². The lowest BCUT2D eigenvalue weighted by Crippen LogP contribution is -2.23. The van der Waals surface area contributed by atoms with Gasteiger partial charge in [0.05, 0.1) is 23.2 Å². The Morgan fingerprint density at radius 2 is 2.15 bits per heavy atom. The number of pyridine rings is 2. The Morgan fingerprint density at radius 1 is 1.38 bits per heavy atom. The molecule has 9 heteroatoms. The fraction of sp³-hybridized carbons (Fsp3) is 0.118. The second kappa shape index (κ2) is 7.15. The van der Waals surface area contributed by atoms with Crippen LogP contribution in [-0.4, -0.2) is 20.7 Å². The van der Waals surface area contributed by atoms with Crippen molar-refractivity contribution in [2.24, 2.45) is 0 Å². The van der Waals surface area contributed by atoms with Crippen molar-refractivity contribution in [1.29, 1.82) is 5.26 Å². The molecule has 26 heavy (non-hydrogen) atoms. The van der Waals surface area contributed by atoms with Gasteiger partial charge in [-0.05, 0) is 24.5 Å². The van der Waals surface area contributed by atoms with Crippen LogP contribution < -0.4 is 5.56 Å². The average Bonchev–Trinajstić information content (AvgIpc) is 2.63. The quantitative estimate of drug-likeness (QED) is 0.294. The van der Waals surface area contributed by atoms with Crippen molar-refractivity contribution in [2.75, 3.05) is 6.26 Å². The van der Waals surface area contributed by atoms with Gasteiger partial charge in [0.2, 0.25) is 0 Å². The van der Waals surface area contributed by atoms with Gasteiger partial charge in [-0.15, -0.1) is 11.8 Å². The molecule has 3 aromatic rings. The van der Waals surface area contributed by atoms with Crippen molar-refractivity contribution in [3.05, 3.63) is 73.3 Å². The number of nitrogens with zero attached hydrogens (tertiary/aromatic N) is 4. The number of hydrogen-bond donors (Lipinski definition) is 0. The van der Waals surface area contributed by atoms with Crippen LogP contribution in [-0.2, 0) is 6.54 Å². The third kappa shape index (κ3) is 3.40. The fourth-order valence-electron chi connectivity index (χ4n) is 2.51. The molecule has 0 atom stereocenters. The molecule has 0 saturated heterocycles. The zero-order valence-corrected chi connectivity index (χ0v) is 15.0. The molecule has 3 rings (SSSR count). The Hall–Kier alpha value is -2.89. The Balaban J connectivity index is 2.10. The molecule has 0 unspecified atom stereocenters. The fourth-order valence-corrected chi connectivity index (χ4v) is 3.14. The standard InChI is InChI=1S/C17H11ClN4O3S/c1-26-14-3-2-10-4-12(16(18)20-15(10)6-14)8-21-9-13(22(24)25)5-11(7-19)17(21)23/h2-6,9H,8H2,1H3. The van der Waals surface area contributed by atoms with Gasteiger partial charge in [-0.2, -0.15) is 5.26 Å². The van der Waals surface area contributed by atoms with E-state index in [2.05, 4.69) is 4.98 Å². The van der Waals surface area contributed by atoms with Gasteiger partial charge in [-0.3, -0.25) is 14.9 Å². The largest absolute Gasteiger partial charge is 0.303 e. The molecule has 2 heterocycles. The van der Waals surface area contributed by atoms with Crippen LogP contribution in [0.4, 0.5) is 5.69 Å². The van der Waals surface area contributed by atoms with E-state index in [1.54, 1.807) is 23.9 Å². The summed E-state index contributed by atoms with van der Waals surface area (Å²) in [5, 5.41) is 21.1. The number of thioether (sulfide) groups is 1. The summed E-state index contributed by atoms with van der Waals surface area (Å²) in [6.07, 6.45) is 3.05. The van der Waals surface area contributed by atoms with Crippen LogP contribution in [0.3, 0.4) is 0 Å². The van der Waals surface area contributed by atoms with Gasteiger partial charge in [0, 0.05) is 21.9 Å². The molecule has 0 N–H and O–H groups in total. The first-order chi connectivity index (χ1) is 12.4. The van der Waals surface area contributed by atoms with E-state index in [4.69, 9.17) is 16.9 Å². The molecule has 0 aliphatic rings. The predicted molar refractivity (Wildman–Crippen MR) is 99.7 cm³/mol. The maximum atomic E-state index is 12.3. The molecule has 7 nitrogen and oxygen atoms in total.